The maximum absolute atomic E-state index is 13.4. The highest BCUT2D eigenvalue weighted by molar-refractivity contribution is 5.94. The highest BCUT2D eigenvalue weighted by Gasteiger charge is 2.29. The number of carbonyl (C=O) groups is 1. The van der Waals surface area contributed by atoms with Gasteiger partial charge in [-0.05, 0) is 62.5 Å². The molecule has 2 aliphatic heterocycles. The zero-order chi connectivity index (χ0) is 21.3. The SMILES string of the molecule is C[C@H]1C[C@@H](NC(=O)CC2CCN(C)C2)CN(c2ccc(C(F)F)c3ncccc23)C1. The number of fused-ring (bicyclic) bond motifs is 1. The van der Waals surface area contributed by atoms with Crippen LogP contribution < -0.4 is 10.2 Å². The molecule has 1 unspecified atom stereocenters. The van der Waals surface area contributed by atoms with E-state index in [1.54, 1.807) is 18.3 Å². The number of piperidine rings is 1. The van der Waals surface area contributed by atoms with Crippen LogP contribution in [0.15, 0.2) is 30.5 Å². The molecule has 0 bridgehead atoms. The van der Waals surface area contributed by atoms with Crippen molar-refractivity contribution in [2.45, 2.75) is 38.7 Å². The van der Waals surface area contributed by atoms with Crippen molar-refractivity contribution in [3.63, 3.8) is 0 Å². The molecule has 5 nitrogen and oxygen atoms in total. The standard InChI is InChI=1S/C23H30F2N4O/c1-15-10-17(27-21(30)11-16-7-9-28(2)13-16)14-29(12-15)20-6-5-19(23(24)25)22-18(20)4-3-8-26-22/h3-6,8,15-17,23H,7,9-14H2,1-2H3,(H,27,30)/t15-,16?,17+/m0/s1. The lowest BCUT2D eigenvalue weighted by Crippen LogP contribution is -2.50. The number of halogens is 2. The fourth-order valence-electron chi connectivity index (χ4n) is 5.03. The number of anilines is 1. The Balaban J connectivity index is 1.50. The number of nitrogens with zero attached hydrogens (tertiary/aromatic N) is 3. The molecular formula is C23H30F2N4O. The fraction of sp³-hybridized carbons (Fsp3) is 0.565. The average molecular weight is 417 g/mol. The summed E-state index contributed by atoms with van der Waals surface area (Å²) in [6.07, 6.45) is 1.58. The molecule has 1 amide bonds. The first-order valence-corrected chi connectivity index (χ1v) is 10.8. The van der Waals surface area contributed by atoms with Gasteiger partial charge in [0.05, 0.1) is 5.52 Å². The lowest BCUT2D eigenvalue weighted by Gasteiger charge is -2.39. The Kier molecular flexibility index (Phi) is 6.18. The number of amides is 1. The quantitative estimate of drug-likeness (QED) is 0.805. The molecule has 4 rings (SSSR count). The number of hydrogen-bond acceptors (Lipinski definition) is 4. The Morgan fingerprint density at radius 1 is 1.27 bits per heavy atom. The predicted molar refractivity (Wildman–Crippen MR) is 115 cm³/mol. The number of alkyl halides is 2. The van der Waals surface area contributed by atoms with Crippen LogP contribution in [0.25, 0.3) is 10.9 Å². The number of pyridine rings is 1. The van der Waals surface area contributed by atoms with Gasteiger partial charge in [-0.1, -0.05) is 6.92 Å². The second-order valence-corrected chi connectivity index (χ2v) is 9.01. The molecule has 1 aromatic carbocycles. The number of nitrogens with one attached hydrogen (secondary N) is 1. The van der Waals surface area contributed by atoms with E-state index in [9.17, 15) is 13.6 Å². The van der Waals surface area contributed by atoms with Gasteiger partial charge in [0.25, 0.3) is 6.43 Å². The van der Waals surface area contributed by atoms with Crippen molar-refractivity contribution >= 4 is 22.5 Å². The Labute approximate surface area is 176 Å². The van der Waals surface area contributed by atoms with E-state index >= 15 is 0 Å². The molecule has 7 heteroatoms. The van der Waals surface area contributed by atoms with Gasteiger partial charge in [-0.25, -0.2) is 8.78 Å². The third kappa shape index (κ3) is 4.56. The van der Waals surface area contributed by atoms with Crippen molar-refractivity contribution in [1.29, 1.82) is 0 Å². The van der Waals surface area contributed by atoms with E-state index in [1.165, 1.54) is 6.07 Å². The van der Waals surface area contributed by atoms with E-state index in [-0.39, 0.29) is 17.5 Å². The molecular weight excluding hydrogens is 386 g/mol. The van der Waals surface area contributed by atoms with E-state index in [0.717, 1.165) is 43.5 Å². The number of likely N-dealkylation sites (tertiary alicyclic amines) is 1. The van der Waals surface area contributed by atoms with Crippen LogP contribution in [0.4, 0.5) is 14.5 Å². The summed E-state index contributed by atoms with van der Waals surface area (Å²) in [4.78, 5) is 21.3. The van der Waals surface area contributed by atoms with Gasteiger partial charge >= 0.3 is 0 Å². The third-order valence-electron chi connectivity index (χ3n) is 6.34. The number of carbonyl (C=O) groups excluding carboxylic acids is 1. The molecule has 3 atom stereocenters. The van der Waals surface area contributed by atoms with Crippen molar-refractivity contribution in [2.75, 3.05) is 38.1 Å². The summed E-state index contributed by atoms with van der Waals surface area (Å²) >= 11 is 0. The molecule has 0 radical (unpaired) electrons. The maximum Gasteiger partial charge on any atom is 0.265 e. The number of aromatic nitrogens is 1. The first-order valence-electron chi connectivity index (χ1n) is 10.8. The average Bonchev–Trinajstić information content (AvgIpc) is 3.10. The lowest BCUT2D eigenvalue weighted by atomic mass is 9.94. The summed E-state index contributed by atoms with van der Waals surface area (Å²) in [6.45, 7) is 5.72. The zero-order valence-corrected chi connectivity index (χ0v) is 17.7. The van der Waals surface area contributed by atoms with Crippen LogP contribution in [-0.4, -0.2) is 55.1 Å². The number of rotatable bonds is 5. The second-order valence-electron chi connectivity index (χ2n) is 9.01. The summed E-state index contributed by atoms with van der Waals surface area (Å²) in [5.41, 5.74) is 1.23. The molecule has 3 heterocycles. The highest BCUT2D eigenvalue weighted by Crippen LogP contribution is 2.34. The van der Waals surface area contributed by atoms with Crippen molar-refractivity contribution in [3.8, 4) is 0 Å². The second kappa shape index (κ2) is 8.84. The summed E-state index contributed by atoms with van der Waals surface area (Å²) in [7, 11) is 2.09. The van der Waals surface area contributed by atoms with Crippen molar-refractivity contribution in [1.82, 2.24) is 15.2 Å². The summed E-state index contributed by atoms with van der Waals surface area (Å²) in [6, 6.07) is 6.96. The molecule has 2 aromatic rings. The Bertz CT molecular complexity index is 906. The summed E-state index contributed by atoms with van der Waals surface area (Å²) in [5.74, 6) is 0.945. The molecule has 30 heavy (non-hydrogen) atoms. The minimum Gasteiger partial charge on any atom is -0.369 e. The van der Waals surface area contributed by atoms with Gasteiger partial charge in [0, 0.05) is 54.9 Å². The van der Waals surface area contributed by atoms with E-state index in [1.807, 2.05) is 6.07 Å². The van der Waals surface area contributed by atoms with Crippen molar-refractivity contribution in [3.05, 3.63) is 36.0 Å². The summed E-state index contributed by atoms with van der Waals surface area (Å²) < 4.78 is 26.9. The Morgan fingerprint density at radius 2 is 2.10 bits per heavy atom. The van der Waals surface area contributed by atoms with E-state index < -0.39 is 6.43 Å². The van der Waals surface area contributed by atoms with Crippen LogP contribution in [0.3, 0.4) is 0 Å². The van der Waals surface area contributed by atoms with Gasteiger partial charge in [-0.2, -0.15) is 0 Å². The topological polar surface area (TPSA) is 48.5 Å². The van der Waals surface area contributed by atoms with E-state index in [0.29, 0.717) is 30.3 Å². The monoisotopic (exact) mass is 416 g/mol. The maximum atomic E-state index is 13.4. The molecule has 1 N–H and O–H groups in total. The molecule has 0 spiro atoms. The first-order chi connectivity index (χ1) is 14.4. The minimum absolute atomic E-state index is 0.0363. The van der Waals surface area contributed by atoms with Gasteiger partial charge in [0.1, 0.15) is 0 Å². The lowest BCUT2D eigenvalue weighted by molar-refractivity contribution is -0.122. The minimum atomic E-state index is -2.56. The molecule has 0 aliphatic carbocycles. The van der Waals surface area contributed by atoms with Crippen LogP contribution in [0, 0.1) is 11.8 Å². The van der Waals surface area contributed by atoms with Crippen molar-refractivity contribution < 1.29 is 13.6 Å². The van der Waals surface area contributed by atoms with E-state index in [2.05, 4.69) is 34.1 Å². The Morgan fingerprint density at radius 3 is 2.83 bits per heavy atom. The van der Waals surface area contributed by atoms with Crippen LogP contribution in [-0.2, 0) is 4.79 Å². The van der Waals surface area contributed by atoms with Crippen LogP contribution in [0.2, 0.25) is 0 Å². The smallest absolute Gasteiger partial charge is 0.265 e. The molecule has 0 saturated carbocycles. The van der Waals surface area contributed by atoms with Crippen LogP contribution in [0.1, 0.15) is 38.2 Å². The summed E-state index contributed by atoms with van der Waals surface area (Å²) in [5, 5.41) is 3.97. The van der Waals surface area contributed by atoms with Gasteiger partial charge < -0.3 is 15.1 Å². The van der Waals surface area contributed by atoms with Crippen LogP contribution in [0.5, 0.6) is 0 Å². The highest BCUT2D eigenvalue weighted by atomic mass is 19.3. The molecule has 2 fully saturated rings. The van der Waals surface area contributed by atoms with Crippen molar-refractivity contribution in [2.24, 2.45) is 11.8 Å². The predicted octanol–water partition coefficient (Wildman–Crippen LogP) is 3.85. The number of benzene rings is 1. The molecule has 162 valence electrons. The van der Waals surface area contributed by atoms with Gasteiger partial charge in [-0.15, -0.1) is 0 Å². The van der Waals surface area contributed by atoms with Gasteiger partial charge in [0.2, 0.25) is 5.91 Å². The Hall–Kier alpha value is -2.28. The normalized spacial score (nSPS) is 25.2. The molecule has 2 saturated heterocycles. The van der Waals surface area contributed by atoms with Gasteiger partial charge in [0.15, 0.2) is 0 Å². The van der Waals surface area contributed by atoms with Gasteiger partial charge in [-0.3, -0.25) is 9.78 Å². The largest absolute Gasteiger partial charge is 0.369 e. The number of hydrogen-bond donors (Lipinski definition) is 1. The van der Waals surface area contributed by atoms with E-state index in [4.69, 9.17) is 0 Å². The molecule has 2 aliphatic rings. The fourth-order valence-corrected chi connectivity index (χ4v) is 5.03. The van der Waals surface area contributed by atoms with Crippen LogP contribution >= 0.6 is 0 Å². The molecule has 1 aromatic heterocycles. The first kappa shape index (κ1) is 21.0. The third-order valence-corrected chi connectivity index (χ3v) is 6.34. The zero-order valence-electron chi connectivity index (χ0n) is 17.7.